The van der Waals surface area contributed by atoms with Crippen molar-refractivity contribution < 1.29 is 0 Å². The average Bonchev–Trinajstić information content (AvgIpc) is 3.06. The topological polar surface area (TPSA) is 47.7 Å². The number of hydrogen-bond donors (Lipinski definition) is 1. The first-order chi connectivity index (χ1) is 9.38. The molecule has 1 aliphatic rings. The number of fused-ring (bicyclic) bond motifs is 1. The predicted molar refractivity (Wildman–Crippen MR) is 73.9 cm³/mol. The molecule has 102 valence electrons. The summed E-state index contributed by atoms with van der Waals surface area (Å²) < 4.78 is 4.43. The van der Waals surface area contributed by atoms with Gasteiger partial charge in [-0.2, -0.15) is 5.10 Å². The number of aryl methyl sites for hydroxylation is 2. The average molecular weight is 259 g/mol. The van der Waals surface area contributed by atoms with Gasteiger partial charge in [-0.1, -0.05) is 6.92 Å². The van der Waals surface area contributed by atoms with Crippen molar-refractivity contribution in [2.75, 3.05) is 6.54 Å². The molecule has 0 saturated heterocycles. The van der Waals surface area contributed by atoms with Crippen molar-refractivity contribution in [3.63, 3.8) is 0 Å². The van der Waals surface area contributed by atoms with Gasteiger partial charge in [0.1, 0.15) is 5.82 Å². The van der Waals surface area contributed by atoms with Gasteiger partial charge in [0.15, 0.2) is 0 Å². The number of aromatic nitrogens is 4. The number of imidazole rings is 1. The zero-order valence-corrected chi connectivity index (χ0v) is 11.5. The first kappa shape index (κ1) is 12.4. The van der Waals surface area contributed by atoms with E-state index in [1.807, 2.05) is 23.1 Å². The third kappa shape index (κ3) is 2.56. The molecule has 5 heteroatoms. The van der Waals surface area contributed by atoms with Crippen molar-refractivity contribution in [3.05, 3.63) is 35.7 Å². The molecule has 2 aromatic heterocycles. The number of hydrogen-bond acceptors (Lipinski definition) is 3. The lowest BCUT2D eigenvalue weighted by Gasteiger charge is -2.16. The Morgan fingerprint density at radius 2 is 2.32 bits per heavy atom. The Bertz CT molecular complexity index is 526. The summed E-state index contributed by atoms with van der Waals surface area (Å²) in [5, 5.41) is 7.64. The normalized spacial score (nSPS) is 14.6. The maximum atomic E-state index is 4.76. The first-order valence-corrected chi connectivity index (χ1v) is 7.13. The van der Waals surface area contributed by atoms with E-state index in [1.54, 1.807) is 0 Å². The van der Waals surface area contributed by atoms with Gasteiger partial charge >= 0.3 is 0 Å². The molecular formula is C14H21N5. The minimum absolute atomic E-state index is 0.925. The van der Waals surface area contributed by atoms with Gasteiger partial charge in [-0.05, 0) is 12.5 Å². The molecule has 19 heavy (non-hydrogen) atoms. The molecule has 0 bridgehead atoms. The lowest BCUT2D eigenvalue weighted by Crippen LogP contribution is -2.25. The van der Waals surface area contributed by atoms with E-state index >= 15 is 0 Å². The van der Waals surface area contributed by atoms with Crippen LogP contribution < -0.4 is 5.32 Å². The van der Waals surface area contributed by atoms with Crippen molar-refractivity contribution in [2.45, 2.75) is 45.8 Å². The summed E-state index contributed by atoms with van der Waals surface area (Å²) in [7, 11) is 0. The molecule has 5 nitrogen and oxygen atoms in total. The van der Waals surface area contributed by atoms with E-state index < -0.39 is 0 Å². The second-order valence-corrected chi connectivity index (χ2v) is 4.98. The molecule has 0 radical (unpaired) electrons. The molecule has 0 atom stereocenters. The van der Waals surface area contributed by atoms with Gasteiger partial charge in [0.25, 0.3) is 0 Å². The molecule has 2 aromatic rings. The zero-order chi connectivity index (χ0) is 13.1. The van der Waals surface area contributed by atoms with Crippen LogP contribution in [0.4, 0.5) is 0 Å². The van der Waals surface area contributed by atoms with Crippen LogP contribution in [0.1, 0.15) is 30.6 Å². The Labute approximate surface area is 113 Å². The third-order valence-corrected chi connectivity index (χ3v) is 3.71. The third-order valence-electron chi connectivity index (χ3n) is 3.71. The number of nitrogens with zero attached hydrogens (tertiary/aromatic N) is 4. The van der Waals surface area contributed by atoms with Crippen LogP contribution in [0.3, 0.4) is 0 Å². The molecule has 0 saturated carbocycles. The van der Waals surface area contributed by atoms with Gasteiger partial charge in [-0.3, -0.25) is 4.68 Å². The summed E-state index contributed by atoms with van der Waals surface area (Å²) in [6.07, 6.45) is 7.07. The Balaban J connectivity index is 1.70. The summed E-state index contributed by atoms with van der Waals surface area (Å²) in [5.74, 6) is 1.23. The maximum Gasteiger partial charge on any atom is 0.108 e. The van der Waals surface area contributed by atoms with Crippen LogP contribution in [-0.2, 0) is 32.5 Å². The first-order valence-electron chi connectivity index (χ1n) is 7.13. The second kappa shape index (κ2) is 5.57. The predicted octanol–water partition coefficient (Wildman–Crippen LogP) is 1.38. The van der Waals surface area contributed by atoms with E-state index in [9.17, 15) is 0 Å². The fourth-order valence-electron chi connectivity index (χ4n) is 2.78. The van der Waals surface area contributed by atoms with Crippen molar-refractivity contribution in [3.8, 4) is 0 Å². The largest absolute Gasteiger partial charge is 0.332 e. The zero-order valence-electron chi connectivity index (χ0n) is 11.5. The Kier molecular flexibility index (Phi) is 3.64. The highest BCUT2D eigenvalue weighted by Crippen LogP contribution is 2.17. The molecule has 0 amide bonds. The standard InChI is InChI=1S/C14H21N5/c1-2-14-17-12-11-15-7-5-13(12)19(14)10-4-9-18-8-3-6-16-18/h3,6,8,15H,2,4-5,7,9-11H2,1H3. The highest BCUT2D eigenvalue weighted by Gasteiger charge is 2.18. The molecule has 3 rings (SSSR count). The fourth-order valence-corrected chi connectivity index (χ4v) is 2.78. The highest BCUT2D eigenvalue weighted by atomic mass is 15.3. The van der Waals surface area contributed by atoms with Crippen LogP contribution in [0.15, 0.2) is 18.5 Å². The molecule has 3 heterocycles. The van der Waals surface area contributed by atoms with E-state index in [1.165, 1.54) is 17.2 Å². The van der Waals surface area contributed by atoms with Crippen molar-refractivity contribution in [2.24, 2.45) is 0 Å². The fraction of sp³-hybridized carbons (Fsp3) is 0.571. The molecule has 0 aliphatic carbocycles. The summed E-state index contributed by atoms with van der Waals surface area (Å²) >= 11 is 0. The van der Waals surface area contributed by atoms with E-state index in [-0.39, 0.29) is 0 Å². The van der Waals surface area contributed by atoms with Gasteiger partial charge in [0.2, 0.25) is 0 Å². The van der Waals surface area contributed by atoms with Gasteiger partial charge in [-0.15, -0.1) is 0 Å². The molecule has 0 aromatic carbocycles. The van der Waals surface area contributed by atoms with E-state index in [0.717, 1.165) is 45.4 Å². The van der Waals surface area contributed by atoms with Gasteiger partial charge < -0.3 is 9.88 Å². The molecule has 1 N–H and O–H groups in total. The second-order valence-electron chi connectivity index (χ2n) is 4.98. The van der Waals surface area contributed by atoms with Crippen molar-refractivity contribution >= 4 is 0 Å². The Morgan fingerprint density at radius 3 is 3.11 bits per heavy atom. The van der Waals surface area contributed by atoms with Crippen LogP contribution in [0.5, 0.6) is 0 Å². The number of rotatable bonds is 5. The molecule has 1 aliphatic heterocycles. The highest BCUT2D eigenvalue weighted by molar-refractivity contribution is 5.20. The molecule has 0 fully saturated rings. The SMILES string of the molecule is CCc1nc2c(n1CCCn1cccn1)CCNC2. The van der Waals surface area contributed by atoms with E-state index in [2.05, 4.69) is 21.9 Å². The Hall–Kier alpha value is -1.62. The monoisotopic (exact) mass is 259 g/mol. The summed E-state index contributed by atoms with van der Waals surface area (Å²) in [5.41, 5.74) is 2.69. The summed E-state index contributed by atoms with van der Waals surface area (Å²) in [4.78, 5) is 4.76. The van der Waals surface area contributed by atoms with Gasteiger partial charge in [0, 0.05) is 57.1 Å². The summed E-state index contributed by atoms with van der Waals surface area (Å²) in [6, 6.07) is 1.97. The Morgan fingerprint density at radius 1 is 1.37 bits per heavy atom. The van der Waals surface area contributed by atoms with Gasteiger partial charge in [0.05, 0.1) is 5.69 Å². The molecular weight excluding hydrogens is 238 g/mol. The number of nitrogens with one attached hydrogen (secondary N) is 1. The minimum Gasteiger partial charge on any atom is -0.332 e. The van der Waals surface area contributed by atoms with Gasteiger partial charge in [-0.25, -0.2) is 4.98 Å². The van der Waals surface area contributed by atoms with E-state index in [0.29, 0.717) is 0 Å². The van der Waals surface area contributed by atoms with Crippen molar-refractivity contribution in [1.29, 1.82) is 0 Å². The van der Waals surface area contributed by atoms with Crippen molar-refractivity contribution in [1.82, 2.24) is 24.6 Å². The lowest BCUT2D eigenvalue weighted by molar-refractivity contribution is 0.501. The van der Waals surface area contributed by atoms with E-state index in [4.69, 9.17) is 4.98 Å². The minimum atomic E-state index is 0.925. The van der Waals surface area contributed by atoms with Crippen LogP contribution in [0.2, 0.25) is 0 Å². The summed E-state index contributed by atoms with van der Waals surface area (Å²) in [6.45, 7) is 6.20. The van der Waals surface area contributed by atoms with Crippen LogP contribution in [0.25, 0.3) is 0 Å². The van der Waals surface area contributed by atoms with Crippen LogP contribution in [-0.4, -0.2) is 25.9 Å². The van der Waals surface area contributed by atoms with Crippen LogP contribution >= 0.6 is 0 Å². The van der Waals surface area contributed by atoms with Crippen LogP contribution in [0, 0.1) is 0 Å². The maximum absolute atomic E-state index is 4.76. The smallest absolute Gasteiger partial charge is 0.108 e. The quantitative estimate of drug-likeness (QED) is 0.882. The molecule has 0 spiro atoms. The molecule has 0 unspecified atom stereocenters. The lowest BCUT2D eigenvalue weighted by atomic mass is 10.2.